The van der Waals surface area contributed by atoms with Gasteiger partial charge in [0.1, 0.15) is 5.41 Å². The maximum absolute atomic E-state index is 13.2. The van der Waals surface area contributed by atoms with Crippen LogP contribution >= 0.6 is 0 Å². The lowest BCUT2D eigenvalue weighted by Gasteiger charge is -2.53. The van der Waals surface area contributed by atoms with Gasteiger partial charge in [-0.3, -0.25) is 9.69 Å². The van der Waals surface area contributed by atoms with Gasteiger partial charge in [0, 0.05) is 29.7 Å². The Balaban J connectivity index is 1.83. The van der Waals surface area contributed by atoms with Gasteiger partial charge in [0.2, 0.25) is 0 Å². The molecule has 0 amide bonds. The fourth-order valence-corrected chi connectivity index (χ4v) is 5.54. The van der Waals surface area contributed by atoms with E-state index in [1.165, 1.54) is 18.1 Å². The number of aliphatic hydroxyl groups is 1. The standard InChI is InChI=1S/C20H22N2O3/c1-25-19(24)20-9-12-8-13(11-23)18(20)22(10-12)7-6-15-14-4-2-3-5-16(14)21-17(15)20/h2-5,8,12,18,21,23H,6-7,9-11H2,1H3/t12-,18+,20-/m1/s1. The second-order valence-corrected chi connectivity index (χ2v) is 7.50. The van der Waals surface area contributed by atoms with Gasteiger partial charge in [-0.1, -0.05) is 24.3 Å². The number of aliphatic hydroxyl groups excluding tert-OH is 1. The summed E-state index contributed by atoms with van der Waals surface area (Å²) in [6, 6.07) is 8.13. The van der Waals surface area contributed by atoms with Gasteiger partial charge in [0.15, 0.2) is 0 Å². The van der Waals surface area contributed by atoms with E-state index in [-0.39, 0.29) is 24.5 Å². The van der Waals surface area contributed by atoms with Crippen molar-refractivity contribution >= 4 is 16.9 Å². The number of hydrogen-bond acceptors (Lipinski definition) is 4. The zero-order valence-corrected chi connectivity index (χ0v) is 14.3. The summed E-state index contributed by atoms with van der Waals surface area (Å²) in [4.78, 5) is 19.1. The molecule has 1 aromatic carbocycles. The van der Waals surface area contributed by atoms with Crippen molar-refractivity contribution in [2.75, 3.05) is 26.8 Å². The first kappa shape index (κ1) is 15.2. The van der Waals surface area contributed by atoms with Crippen LogP contribution in [-0.4, -0.2) is 53.8 Å². The highest BCUT2D eigenvalue weighted by molar-refractivity contribution is 5.92. The molecule has 4 aliphatic rings. The van der Waals surface area contributed by atoms with Gasteiger partial charge in [0.25, 0.3) is 0 Å². The molecule has 5 heteroatoms. The fourth-order valence-electron chi connectivity index (χ4n) is 5.54. The van der Waals surface area contributed by atoms with E-state index in [1.807, 2.05) is 12.1 Å². The number of hydrogen-bond donors (Lipinski definition) is 2. The van der Waals surface area contributed by atoms with Crippen molar-refractivity contribution in [3.63, 3.8) is 0 Å². The SMILES string of the molecule is COC(=O)[C@@]12C[C@H]3C=C(CO)[C@@H]1N(CCc1c2[nH]c2ccccc12)C3. The quantitative estimate of drug-likeness (QED) is 0.647. The Morgan fingerprint density at radius 1 is 1.44 bits per heavy atom. The number of aromatic amines is 1. The molecule has 4 bridgehead atoms. The van der Waals surface area contributed by atoms with Crippen LogP contribution in [-0.2, 0) is 21.4 Å². The number of methoxy groups -OCH3 is 1. The molecular formula is C20H22N2O3. The monoisotopic (exact) mass is 338 g/mol. The number of benzene rings is 1. The van der Waals surface area contributed by atoms with Crippen LogP contribution in [0.15, 0.2) is 35.9 Å². The van der Waals surface area contributed by atoms with E-state index in [0.717, 1.165) is 42.7 Å². The summed E-state index contributed by atoms with van der Waals surface area (Å²) >= 11 is 0. The van der Waals surface area contributed by atoms with Gasteiger partial charge in [-0.2, -0.15) is 0 Å². The predicted octanol–water partition coefficient (Wildman–Crippen LogP) is 1.76. The van der Waals surface area contributed by atoms with Crippen LogP contribution in [0.1, 0.15) is 17.7 Å². The average molecular weight is 338 g/mol. The molecule has 6 rings (SSSR count). The molecule has 4 heterocycles. The average Bonchev–Trinajstić information content (AvgIpc) is 3.00. The maximum atomic E-state index is 13.2. The van der Waals surface area contributed by atoms with E-state index < -0.39 is 5.41 Å². The Morgan fingerprint density at radius 3 is 3.08 bits per heavy atom. The van der Waals surface area contributed by atoms with Crippen LogP contribution in [0.3, 0.4) is 0 Å². The zero-order chi connectivity index (χ0) is 17.2. The fraction of sp³-hybridized carbons (Fsp3) is 0.450. The lowest BCUT2D eigenvalue weighted by molar-refractivity contribution is -0.154. The largest absolute Gasteiger partial charge is 0.468 e. The molecule has 0 saturated carbocycles. The third-order valence-electron chi connectivity index (χ3n) is 6.33. The van der Waals surface area contributed by atoms with E-state index in [0.29, 0.717) is 0 Å². The number of esters is 1. The van der Waals surface area contributed by atoms with Crippen molar-refractivity contribution < 1.29 is 14.6 Å². The molecule has 1 unspecified atom stereocenters. The Hall–Kier alpha value is -2.11. The van der Waals surface area contributed by atoms with Crippen LogP contribution in [0, 0.1) is 5.92 Å². The molecule has 2 aromatic rings. The number of H-pyrrole nitrogens is 1. The third-order valence-corrected chi connectivity index (χ3v) is 6.33. The van der Waals surface area contributed by atoms with Gasteiger partial charge >= 0.3 is 5.97 Å². The highest BCUT2D eigenvalue weighted by Gasteiger charge is 2.60. The number of piperidine rings is 1. The molecule has 25 heavy (non-hydrogen) atoms. The number of carbonyl (C=O) groups excluding carboxylic acids is 1. The first-order valence-electron chi connectivity index (χ1n) is 8.93. The molecule has 1 aromatic heterocycles. The van der Waals surface area contributed by atoms with Crippen molar-refractivity contribution in [1.82, 2.24) is 9.88 Å². The maximum Gasteiger partial charge on any atom is 0.319 e. The number of para-hydroxylation sites is 1. The summed E-state index contributed by atoms with van der Waals surface area (Å²) < 4.78 is 5.33. The first-order chi connectivity index (χ1) is 12.2. The van der Waals surface area contributed by atoms with Crippen molar-refractivity contribution in [3.05, 3.63) is 47.2 Å². The molecule has 4 atom stereocenters. The molecule has 1 fully saturated rings. The molecule has 3 aliphatic heterocycles. The molecule has 0 spiro atoms. The van der Waals surface area contributed by atoms with E-state index in [2.05, 4.69) is 28.1 Å². The lowest BCUT2D eigenvalue weighted by atomic mass is 9.61. The second-order valence-electron chi connectivity index (χ2n) is 7.50. The number of fused-ring (bicyclic) bond motifs is 3. The number of aromatic nitrogens is 1. The minimum atomic E-state index is -0.755. The van der Waals surface area contributed by atoms with Crippen LogP contribution in [0.5, 0.6) is 0 Å². The zero-order valence-electron chi connectivity index (χ0n) is 14.3. The van der Waals surface area contributed by atoms with Gasteiger partial charge < -0.3 is 14.8 Å². The Kier molecular flexibility index (Phi) is 3.15. The van der Waals surface area contributed by atoms with Crippen LogP contribution in [0.2, 0.25) is 0 Å². The van der Waals surface area contributed by atoms with Gasteiger partial charge in [-0.25, -0.2) is 0 Å². The first-order valence-corrected chi connectivity index (χ1v) is 8.93. The summed E-state index contributed by atoms with van der Waals surface area (Å²) in [5.41, 5.74) is 3.50. The van der Waals surface area contributed by atoms with Gasteiger partial charge in [0.05, 0.1) is 19.8 Å². The lowest BCUT2D eigenvalue weighted by Crippen LogP contribution is -2.64. The smallest absolute Gasteiger partial charge is 0.319 e. The summed E-state index contributed by atoms with van der Waals surface area (Å²) in [6.07, 6.45) is 3.82. The molecular weight excluding hydrogens is 316 g/mol. The normalized spacial score (nSPS) is 32.9. The number of nitrogens with zero attached hydrogens (tertiary/aromatic N) is 1. The van der Waals surface area contributed by atoms with E-state index in [9.17, 15) is 9.90 Å². The van der Waals surface area contributed by atoms with Gasteiger partial charge in [-0.05, 0) is 36.0 Å². The van der Waals surface area contributed by atoms with Gasteiger partial charge in [-0.15, -0.1) is 0 Å². The topological polar surface area (TPSA) is 65.6 Å². The van der Waals surface area contributed by atoms with E-state index >= 15 is 0 Å². The Labute approximate surface area is 146 Å². The molecule has 1 aliphatic carbocycles. The molecule has 0 radical (unpaired) electrons. The van der Waals surface area contributed by atoms with Crippen molar-refractivity contribution in [3.8, 4) is 0 Å². The second kappa shape index (κ2) is 5.19. The molecule has 130 valence electrons. The number of ether oxygens (including phenoxy) is 1. The van der Waals surface area contributed by atoms with Crippen LogP contribution in [0.25, 0.3) is 10.9 Å². The predicted molar refractivity (Wildman–Crippen MR) is 94.3 cm³/mol. The molecule has 5 nitrogen and oxygen atoms in total. The summed E-state index contributed by atoms with van der Waals surface area (Å²) in [5.74, 6) is 0.0737. The number of rotatable bonds is 2. The summed E-state index contributed by atoms with van der Waals surface area (Å²) in [6.45, 7) is 1.84. The van der Waals surface area contributed by atoms with E-state index in [4.69, 9.17) is 4.74 Å². The van der Waals surface area contributed by atoms with Crippen molar-refractivity contribution in [2.24, 2.45) is 5.92 Å². The summed E-state index contributed by atoms with van der Waals surface area (Å²) in [5, 5.41) is 11.2. The number of nitrogens with one attached hydrogen (secondary N) is 1. The highest BCUT2D eigenvalue weighted by atomic mass is 16.5. The van der Waals surface area contributed by atoms with Crippen LogP contribution < -0.4 is 0 Å². The minimum absolute atomic E-state index is 0.00796. The third kappa shape index (κ3) is 1.82. The Bertz CT molecular complexity index is 899. The Morgan fingerprint density at radius 2 is 2.28 bits per heavy atom. The molecule has 1 saturated heterocycles. The minimum Gasteiger partial charge on any atom is -0.468 e. The molecule has 2 N–H and O–H groups in total. The number of carbonyl (C=O) groups is 1. The van der Waals surface area contributed by atoms with E-state index in [1.54, 1.807) is 0 Å². The van der Waals surface area contributed by atoms with Crippen LogP contribution in [0.4, 0.5) is 0 Å². The van der Waals surface area contributed by atoms with Crippen molar-refractivity contribution in [2.45, 2.75) is 24.3 Å². The summed E-state index contributed by atoms with van der Waals surface area (Å²) in [7, 11) is 1.47. The highest BCUT2D eigenvalue weighted by Crippen LogP contribution is 2.52. The van der Waals surface area contributed by atoms with Crippen molar-refractivity contribution in [1.29, 1.82) is 0 Å².